The predicted molar refractivity (Wildman–Crippen MR) is 107 cm³/mol. The minimum absolute atomic E-state index is 0.0187. The van der Waals surface area contributed by atoms with E-state index >= 15 is 0 Å². The summed E-state index contributed by atoms with van der Waals surface area (Å²) >= 11 is 25.4. The number of methoxy groups -OCH3 is 3. The second-order valence-corrected chi connectivity index (χ2v) is 7.18. The maximum Gasteiger partial charge on any atom is 0.342 e. The second-order valence-electron chi connectivity index (χ2n) is 5.67. The van der Waals surface area contributed by atoms with Crippen molar-refractivity contribution in [2.75, 3.05) is 21.3 Å². The molecule has 0 atom stereocenters. The van der Waals surface area contributed by atoms with Crippen molar-refractivity contribution in [1.29, 1.82) is 0 Å². The Kier molecular flexibility index (Phi) is 5.96. The minimum Gasteiger partial charge on any atom is -0.493 e. The fourth-order valence-corrected chi connectivity index (χ4v) is 4.16. The minimum atomic E-state index is -0.635. The molecule has 3 rings (SSSR count). The predicted octanol–water partition coefficient (Wildman–Crippen LogP) is 6.10. The molecule has 1 aliphatic heterocycles. The van der Waals surface area contributed by atoms with Crippen LogP contribution >= 0.6 is 46.4 Å². The first-order valence-corrected chi connectivity index (χ1v) is 9.31. The van der Waals surface area contributed by atoms with Gasteiger partial charge in [0, 0.05) is 11.1 Å². The molecule has 6 nitrogen and oxygen atoms in total. The summed E-state index contributed by atoms with van der Waals surface area (Å²) in [6, 6.07) is 0. The molecule has 0 bridgehead atoms. The third kappa shape index (κ3) is 3.08. The molecule has 0 amide bonds. The van der Waals surface area contributed by atoms with E-state index in [1.165, 1.54) is 21.3 Å². The summed E-state index contributed by atoms with van der Waals surface area (Å²) in [5.74, 6) is -0.0124. The lowest BCUT2D eigenvalue weighted by atomic mass is 10.1. The van der Waals surface area contributed by atoms with E-state index in [0.717, 1.165) is 0 Å². The number of benzene rings is 2. The number of fused-ring (bicyclic) bond motifs is 1. The van der Waals surface area contributed by atoms with Crippen LogP contribution in [0.1, 0.15) is 21.5 Å². The molecule has 0 saturated heterocycles. The van der Waals surface area contributed by atoms with Crippen LogP contribution in [0.2, 0.25) is 20.1 Å². The van der Waals surface area contributed by atoms with Crippen molar-refractivity contribution in [2.24, 2.45) is 0 Å². The van der Waals surface area contributed by atoms with Crippen LogP contribution in [-0.2, 0) is 11.3 Å². The number of hydrogen-bond donors (Lipinski definition) is 0. The Morgan fingerprint density at radius 2 is 1.29 bits per heavy atom. The number of cyclic esters (lactones) is 1. The van der Waals surface area contributed by atoms with Crippen molar-refractivity contribution in [2.45, 2.75) is 13.5 Å². The molecule has 150 valence electrons. The molecule has 0 fully saturated rings. The molecule has 0 aliphatic carbocycles. The van der Waals surface area contributed by atoms with E-state index in [1.54, 1.807) is 6.92 Å². The topological polar surface area (TPSA) is 63.2 Å². The monoisotopic (exact) mass is 466 g/mol. The van der Waals surface area contributed by atoms with E-state index in [1.807, 2.05) is 0 Å². The molecule has 1 heterocycles. The van der Waals surface area contributed by atoms with Gasteiger partial charge in [-0.05, 0) is 6.92 Å². The van der Waals surface area contributed by atoms with Gasteiger partial charge in [-0.2, -0.15) is 0 Å². The largest absolute Gasteiger partial charge is 0.493 e. The highest BCUT2D eigenvalue weighted by molar-refractivity contribution is 6.40. The molecule has 10 heteroatoms. The first-order valence-electron chi connectivity index (χ1n) is 7.80. The highest BCUT2D eigenvalue weighted by Gasteiger charge is 2.35. The summed E-state index contributed by atoms with van der Waals surface area (Å²) in [6.45, 7) is 1.67. The summed E-state index contributed by atoms with van der Waals surface area (Å²) < 4.78 is 27.0. The standard InChI is InChI=1S/C18H14Cl4O6/c1-6-9(19)15(25-3)12(22)17(13(6)24-2)28-14-8-7(5-27-18(8)23)10(20)16(26-4)11(14)21/h5H2,1-4H3. The van der Waals surface area contributed by atoms with Crippen molar-refractivity contribution in [3.8, 4) is 28.7 Å². The third-order valence-corrected chi connectivity index (χ3v) is 5.78. The smallest absolute Gasteiger partial charge is 0.342 e. The number of carbonyl (C=O) groups is 1. The number of esters is 1. The second kappa shape index (κ2) is 7.95. The Morgan fingerprint density at radius 1 is 0.750 bits per heavy atom. The van der Waals surface area contributed by atoms with Crippen molar-refractivity contribution in [3.05, 3.63) is 36.8 Å². The van der Waals surface area contributed by atoms with E-state index in [0.29, 0.717) is 11.1 Å². The van der Waals surface area contributed by atoms with Crippen LogP contribution in [0.25, 0.3) is 0 Å². The van der Waals surface area contributed by atoms with Gasteiger partial charge < -0.3 is 23.7 Å². The number of halogens is 4. The maximum atomic E-state index is 12.3. The Hall–Kier alpha value is -1.73. The third-order valence-electron chi connectivity index (χ3n) is 4.23. The average molecular weight is 468 g/mol. The molecule has 0 saturated carbocycles. The van der Waals surface area contributed by atoms with Crippen LogP contribution in [0.15, 0.2) is 0 Å². The zero-order valence-corrected chi connectivity index (χ0v) is 18.2. The highest BCUT2D eigenvalue weighted by Crippen LogP contribution is 2.54. The van der Waals surface area contributed by atoms with Crippen molar-refractivity contribution in [1.82, 2.24) is 0 Å². The summed E-state index contributed by atoms with van der Waals surface area (Å²) in [5, 5.41) is 0.458. The van der Waals surface area contributed by atoms with Gasteiger partial charge in [0.25, 0.3) is 0 Å². The first kappa shape index (κ1) is 21.0. The lowest BCUT2D eigenvalue weighted by Gasteiger charge is -2.20. The van der Waals surface area contributed by atoms with E-state index in [4.69, 9.17) is 70.1 Å². The summed E-state index contributed by atoms with van der Waals surface area (Å²) in [6.07, 6.45) is 0. The van der Waals surface area contributed by atoms with Gasteiger partial charge >= 0.3 is 5.97 Å². The molecule has 28 heavy (non-hydrogen) atoms. The van der Waals surface area contributed by atoms with Gasteiger partial charge in [0.1, 0.15) is 22.2 Å². The molecular weight excluding hydrogens is 454 g/mol. The molecule has 0 unspecified atom stereocenters. The summed E-state index contributed by atoms with van der Waals surface area (Å²) in [7, 11) is 4.23. The SMILES string of the molecule is COc1c(Cl)c(C)c(OC)c(Oc2c(Cl)c(OC)c(Cl)c3c2C(=O)OC3)c1Cl. The van der Waals surface area contributed by atoms with Gasteiger partial charge in [-0.15, -0.1) is 0 Å². The normalized spacial score (nSPS) is 12.5. The van der Waals surface area contributed by atoms with Crippen LogP contribution in [0.5, 0.6) is 28.7 Å². The first-order chi connectivity index (χ1) is 13.3. The van der Waals surface area contributed by atoms with Crippen LogP contribution < -0.4 is 18.9 Å². The molecule has 0 N–H and O–H groups in total. The van der Waals surface area contributed by atoms with Gasteiger partial charge in [-0.1, -0.05) is 46.4 Å². The Balaban J connectivity index is 2.31. The van der Waals surface area contributed by atoms with Crippen LogP contribution in [0, 0.1) is 6.92 Å². The number of hydrogen-bond acceptors (Lipinski definition) is 6. The Labute approximate surface area is 181 Å². The molecule has 0 aromatic heterocycles. The number of ether oxygens (including phenoxy) is 5. The maximum absolute atomic E-state index is 12.3. The quantitative estimate of drug-likeness (QED) is 0.495. The Bertz CT molecular complexity index is 990. The number of rotatable bonds is 5. The van der Waals surface area contributed by atoms with E-state index in [9.17, 15) is 4.79 Å². The van der Waals surface area contributed by atoms with Crippen molar-refractivity contribution >= 4 is 52.4 Å². The number of carbonyl (C=O) groups excluding carboxylic acids is 1. The van der Waals surface area contributed by atoms with E-state index in [-0.39, 0.29) is 61.0 Å². The molecule has 1 aliphatic rings. The van der Waals surface area contributed by atoms with Gasteiger partial charge in [0.2, 0.25) is 0 Å². The van der Waals surface area contributed by atoms with Gasteiger partial charge in [-0.25, -0.2) is 4.79 Å². The van der Waals surface area contributed by atoms with Gasteiger partial charge in [0.15, 0.2) is 28.7 Å². The van der Waals surface area contributed by atoms with Gasteiger partial charge in [0.05, 0.1) is 31.4 Å². The molecule has 0 radical (unpaired) electrons. The summed E-state index contributed by atoms with van der Waals surface area (Å²) in [5.41, 5.74) is 1.01. The van der Waals surface area contributed by atoms with Gasteiger partial charge in [-0.3, -0.25) is 0 Å². The molecular formula is C18H14Cl4O6. The lowest BCUT2D eigenvalue weighted by Crippen LogP contribution is -2.04. The fraction of sp³-hybridized carbons (Fsp3) is 0.278. The summed E-state index contributed by atoms with van der Waals surface area (Å²) in [4.78, 5) is 12.3. The average Bonchev–Trinajstić information content (AvgIpc) is 3.05. The van der Waals surface area contributed by atoms with Crippen molar-refractivity contribution < 1.29 is 28.5 Å². The molecule has 2 aromatic carbocycles. The molecule has 0 spiro atoms. The van der Waals surface area contributed by atoms with Crippen LogP contribution in [0.4, 0.5) is 0 Å². The van der Waals surface area contributed by atoms with Crippen LogP contribution in [-0.4, -0.2) is 27.3 Å². The van der Waals surface area contributed by atoms with Crippen molar-refractivity contribution in [3.63, 3.8) is 0 Å². The fourth-order valence-electron chi connectivity index (χ4n) is 2.89. The van der Waals surface area contributed by atoms with E-state index in [2.05, 4.69) is 0 Å². The highest BCUT2D eigenvalue weighted by atomic mass is 35.5. The lowest BCUT2D eigenvalue weighted by molar-refractivity contribution is 0.0533. The van der Waals surface area contributed by atoms with E-state index < -0.39 is 5.97 Å². The Morgan fingerprint density at radius 3 is 1.86 bits per heavy atom. The van der Waals surface area contributed by atoms with Crippen LogP contribution in [0.3, 0.4) is 0 Å². The molecule has 2 aromatic rings. The zero-order chi connectivity index (χ0) is 20.7. The zero-order valence-electron chi connectivity index (χ0n) is 15.2.